The summed E-state index contributed by atoms with van der Waals surface area (Å²) >= 11 is 0. The molecule has 3 aromatic rings. The van der Waals surface area contributed by atoms with E-state index in [0.717, 1.165) is 42.9 Å². The van der Waals surface area contributed by atoms with Crippen LogP contribution in [0, 0.1) is 0 Å². The van der Waals surface area contributed by atoms with Gasteiger partial charge in [-0.3, -0.25) is 23.8 Å². The number of aromatic nitrogens is 6. The molecular formula is C19H25N9O2. The summed E-state index contributed by atoms with van der Waals surface area (Å²) in [6, 6.07) is 3.64. The first-order valence-corrected chi connectivity index (χ1v) is 9.91. The minimum absolute atomic E-state index is 0.109. The number of hydrogen-bond donors (Lipinski definition) is 1. The first-order valence-electron chi connectivity index (χ1n) is 9.91. The van der Waals surface area contributed by atoms with Gasteiger partial charge in [0, 0.05) is 58.7 Å². The maximum Gasteiger partial charge on any atom is 0.332 e. The van der Waals surface area contributed by atoms with Gasteiger partial charge in [-0.1, -0.05) is 6.07 Å². The van der Waals surface area contributed by atoms with Gasteiger partial charge in [0.05, 0.1) is 6.54 Å². The number of piperazine rings is 1. The highest BCUT2D eigenvalue weighted by Crippen LogP contribution is 2.07. The van der Waals surface area contributed by atoms with E-state index < -0.39 is 11.2 Å². The second kappa shape index (κ2) is 8.67. The molecule has 1 aliphatic rings. The first-order chi connectivity index (χ1) is 14.5. The third-order valence-corrected chi connectivity index (χ3v) is 5.32. The molecule has 1 fully saturated rings. The van der Waals surface area contributed by atoms with E-state index >= 15 is 0 Å². The summed E-state index contributed by atoms with van der Waals surface area (Å²) in [7, 11) is 3.56. The predicted octanol–water partition coefficient (Wildman–Crippen LogP) is -1.01. The van der Waals surface area contributed by atoms with Gasteiger partial charge in [-0.05, 0) is 18.7 Å². The van der Waals surface area contributed by atoms with Gasteiger partial charge in [-0.15, -0.1) is 10.2 Å². The van der Waals surface area contributed by atoms with Gasteiger partial charge >= 0.3 is 5.69 Å². The van der Waals surface area contributed by atoms with E-state index in [9.17, 15) is 9.59 Å². The van der Waals surface area contributed by atoms with Crippen LogP contribution >= 0.6 is 0 Å². The Morgan fingerprint density at radius 3 is 2.63 bits per heavy atom. The zero-order valence-corrected chi connectivity index (χ0v) is 17.2. The topological polar surface area (TPSA) is 114 Å². The average molecular weight is 411 g/mol. The Balaban J connectivity index is 1.56. The predicted molar refractivity (Wildman–Crippen MR) is 113 cm³/mol. The van der Waals surface area contributed by atoms with Crippen molar-refractivity contribution in [2.75, 3.05) is 51.6 Å². The van der Waals surface area contributed by atoms with Crippen molar-refractivity contribution in [2.24, 2.45) is 7.05 Å². The minimum atomic E-state index is -0.491. The molecule has 0 radical (unpaired) electrons. The van der Waals surface area contributed by atoms with Crippen molar-refractivity contribution in [2.45, 2.75) is 6.54 Å². The number of pyridine rings is 1. The van der Waals surface area contributed by atoms with Gasteiger partial charge in [0.2, 0.25) is 5.95 Å². The Kier molecular flexibility index (Phi) is 5.81. The van der Waals surface area contributed by atoms with Gasteiger partial charge in [0.1, 0.15) is 0 Å². The SMILES string of the molecule is CN1CCN(CCNc2nnc3c(n2)c(=O)n(C)c(=O)n3Cc2cccnc2)CC1. The van der Waals surface area contributed by atoms with Crippen molar-refractivity contribution in [3.8, 4) is 0 Å². The fourth-order valence-corrected chi connectivity index (χ4v) is 3.45. The molecule has 30 heavy (non-hydrogen) atoms. The Hall–Kier alpha value is -3.18. The van der Waals surface area contributed by atoms with Crippen LogP contribution in [0.25, 0.3) is 11.2 Å². The van der Waals surface area contributed by atoms with Crippen LogP contribution in [0.4, 0.5) is 5.95 Å². The largest absolute Gasteiger partial charge is 0.352 e. The number of anilines is 1. The molecule has 1 N–H and O–H groups in total. The fourth-order valence-electron chi connectivity index (χ4n) is 3.45. The maximum atomic E-state index is 12.6. The van der Waals surface area contributed by atoms with E-state index in [1.165, 1.54) is 11.6 Å². The smallest absolute Gasteiger partial charge is 0.332 e. The number of nitrogens with one attached hydrogen (secondary N) is 1. The Morgan fingerprint density at radius 2 is 1.90 bits per heavy atom. The molecule has 1 saturated heterocycles. The first kappa shape index (κ1) is 20.1. The van der Waals surface area contributed by atoms with Crippen LogP contribution in [-0.4, -0.2) is 85.4 Å². The molecule has 4 rings (SSSR count). The lowest BCUT2D eigenvalue weighted by molar-refractivity contribution is 0.158. The highest BCUT2D eigenvalue weighted by atomic mass is 16.2. The molecule has 11 nitrogen and oxygen atoms in total. The van der Waals surface area contributed by atoms with E-state index in [4.69, 9.17) is 0 Å². The van der Waals surface area contributed by atoms with E-state index in [0.29, 0.717) is 6.54 Å². The quantitative estimate of drug-likeness (QED) is 0.545. The summed E-state index contributed by atoms with van der Waals surface area (Å²) in [4.78, 5) is 38.4. The molecule has 0 aromatic carbocycles. The van der Waals surface area contributed by atoms with Gasteiger partial charge < -0.3 is 10.2 Å². The summed E-state index contributed by atoms with van der Waals surface area (Å²) < 4.78 is 2.43. The summed E-state index contributed by atoms with van der Waals surface area (Å²) in [5.41, 5.74) is 0.128. The third kappa shape index (κ3) is 4.21. The Morgan fingerprint density at radius 1 is 1.10 bits per heavy atom. The maximum absolute atomic E-state index is 12.6. The molecule has 0 bridgehead atoms. The van der Waals surface area contributed by atoms with Gasteiger partial charge in [-0.25, -0.2) is 9.78 Å². The molecule has 0 amide bonds. The number of nitrogens with zero attached hydrogens (tertiary/aromatic N) is 8. The Labute approximate surface area is 173 Å². The minimum Gasteiger partial charge on any atom is -0.352 e. The van der Waals surface area contributed by atoms with Crippen LogP contribution in [0.5, 0.6) is 0 Å². The number of fused-ring (bicyclic) bond motifs is 1. The number of rotatable bonds is 6. The van der Waals surface area contributed by atoms with Crippen LogP contribution < -0.4 is 16.6 Å². The van der Waals surface area contributed by atoms with E-state index in [1.54, 1.807) is 18.5 Å². The number of likely N-dealkylation sites (N-methyl/N-ethyl adjacent to an activating group) is 1. The van der Waals surface area contributed by atoms with Crippen LogP contribution in [-0.2, 0) is 13.6 Å². The lowest BCUT2D eigenvalue weighted by Crippen LogP contribution is -2.45. The van der Waals surface area contributed by atoms with E-state index in [1.807, 2.05) is 6.07 Å². The molecule has 0 unspecified atom stereocenters. The molecule has 0 aliphatic carbocycles. The Bertz CT molecular complexity index is 1130. The van der Waals surface area contributed by atoms with Crippen LogP contribution in [0.1, 0.15) is 5.56 Å². The zero-order valence-electron chi connectivity index (χ0n) is 17.2. The van der Waals surface area contributed by atoms with Crippen molar-refractivity contribution in [1.29, 1.82) is 0 Å². The van der Waals surface area contributed by atoms with Crippen LogP contribution in [0.2, 0.25) is 0 Å². The van der Waals surface area contributed by atoms with E-state index in [2.05, 4.69) is 42.3 Å². The molecule has 3 aromatic heterocycles. The highest BCUT2D eigenvalue weighted by Gasteiger charge is 2.16. The van der Waals surface area contributed by atoms with Gasteiger partial charge in [0.15, 0.2) is 11.2 Å². The standard InChI is InChI=1S/C19H25N9O2/c1-25-8-10-27(11-9-25)7-6-21-18-22-15-16(23-24-18)28(19(30)26(2)17(15)29)13-14-4-3-5-20-12-14/h3-5,12H,6-11,13H2,1-2H3,(H,21,22,24). The summed E-state index contributed by atoms with van der Waals surface area (Å²) in [5, 5.41) is 11.4. The molecular weight excluding hydrogens is 386 g/mol. The van der Waals surface area contributed by atoms with Crippen molar-refractivity contribution >= 4 is 17.1 Å². The lowest BCUT2D eigenvalue weighted by atomic mass is 10.3. The van der Waals surface area contributed by atoms with Crippen LogP contribution in [0.3, 0.4) is 0 Å². The van der Waals surface area contributed by atoms with Crippen molar-refractivity contribution in [1.82, 2.24) is 39.1 Å². The normalized spacial score (nSPS) is 15.5. The van der Waals surface area contributed by atoms with E-state index in [-0.39, 0.29) is 23.7 Å². The second-order valence-corrected chi connectivity index (χ2v) is 7.47. The molecule has 11 heteroatoms. The van der Waals surface area contributed by atoms with Crippen LogP contribution in [0.15, 0.2) is 34.1 Å². The zero-order chi connectivity index (χ0) is 21.1. The van der Waals surface area contributed by atoms with Crippen molar-refractivity contribution in [3.63, 3.8) is 0 Å². The second-order valence-electron chi connectivity index (χ2n) is 7.47. The summed E-state index contributed by atoms with van der Waals surface area (Å²) in [6.45, 7) is 5.88. The van der Waals surface area contributed by atoms with Crippen molar-refractivity contribution < 1.29 is 0 Å². The molecule has 158 valence electrons. The van der Waals surface area contributed by atoms with Gasteiger partial charge in [-0.2, -0.15) is 0 Å². The molecule has 0 saturated carbocycles. The molecule has 1 aliphatic heterocycles. The molecule has 0 spiro atoms. The highest BCUT2D eigenvalue weighted by molar-refractivity contribution is 5.69. The number of hydrogen-bond acceptors (Lipinski definition) is 9. The van der Waals surface area contributed by atoms with Crippen molar-refractivity contribution in [3.05, 3.63) is 50.9 Å². The monoisotopic (exact) mass is 411 g/mol. The summed E-state index contributed by atoms with van der Waals surface area (Å²) in [5.74, 6) is 0.278. The average Bonchev–Trinajstić information content (AvgIpc) is 2.77. The summed E-state index contributed by atoms with van der Waals surface area (Å²) in [6.07, 6.45) is 3.32. The van der Waals surface area contributed by atoms with Gasteiger partial charge in [0.25, 0.3) is 5.56 Å². The fraction of sp³-hybridized carbons (Fsp3) is 0.474. The molecule has 0 atom stereocenters. The lowest BCUT2D eigenvalue weighted by Gasteiger charge is -2.32. The molecule has 4 heterocycles. The third-order valence-electron chi connectivity index (χ3n) is 5.32.